The van der Waals surface area contributed by atoms with E-state index in [1.54, 1.807) is 6.08 Å². The number of carbonyl (C=O) groups is 3. The van der Waals surface area contributed by atoms with Gasteiger partial charge in [-0.15, -0.1) is 0 Å². The smallest absolute Gasteiger partial charge is 0.310 e. The van der Waals surface area contributed by atoms with E-state index in [4.69, 9.17) is 14.2 Å². The van der Waals surface area contributed by atoms with Crippen molar-refractivity contribution in [3.05, 3.63) is 134 Å². The standard InChI is InChI=1S/C52H78O6/c1-4-7-10-13-16-18-20-22-24-25-26-27-29-30-32-34-36-39-42-45-51(54)57-48-49(47-56-50(53)44-41-38-15-12-9-6-3)58-52(55)46-43-40-37-35-33-31-28-23-21-19-17-14-11-8-5-2/h7-8,10-11,16-19,22-24,26-28,30,32-33,35-36,39-40,43,49H,4-6,9,12-15,20-21,25,29,31,34,37-38,41-42,44-48H2,1-3H3/b10-7-,11-8-,18-16-,19-17-,24-22-,27-26-,28-23-,32-30-,35-33-,39-36-,43-40-. The Hall–Kier alpha value is -4.45. The van der Waals surface area contributed by atoms with Crippen molar-refractivity contribution in [1.82, 2.24) is 0 Å². The highest BCUT2D eigenvalue weighted by Gasteiger charge is 2.19. The number of unbranched alkanes of at least 4 members (excludes halogenated alkanes) is 5. The van der Waals surface area contributed by atoms with E-state index in [2.05, 4.69) is 130 Å². The molecule has 0 saturated carbocycles. The summed E-state index contributed by atoms with van der Waals surface area (Å²) in [5.41, 5.74) is 0. The molecule has 0 radical (unpaired) electrons. The van der Waals surface area contributed by atoms with Gasteiger partial charge in [-0.25, -0.2) is 0 Å². The molecule has 6 nitrogen and oxygen atoms in total. The van der Waals surface area contributed by atoms with E-state index >= 15 is 0 Å². The van der Waals surface area contributed by atoms with Crippen LogP contribution in [-0.4, -0.2) is 37.2 Å². The molecular weight excluding hydrogens is 721 g/mol. The average Bonchev–Trinajstić information content (AvgIpc) is 3.22. The van der Waals surface area contributed by atoms with Gasteiger partial charge in [0.2, 0.25) is 0 Å². The van der Waals surface area contributed by atoms with Crippen molar-refractivity contribution >= 4 is 17.9 Å². The van der Waals surface area contributed by atoms with Crippen LogP contribution >= 0.6 is 0 Å². The SMILES string of the molecule is CC/C=C\C/C=C\C/C=C\C/C=C\C/C=C\C/C=C\CCC(=O)OCC(COC(=O)CCCCCCCC)OC(=O)C/C=C\C/C=C\C/C=C\C/C=C\C/C=C\CC. The molecule has 1 unspecified atom stereocenters. The minimum atomic E-state index is -0.862. The molecule has 322 valence electrons. The van der Waals surface area contributed by atoms with E-state index in [9.17, 15) is 14.4 Å². The molecule has 0 spiro atoms. The predicted octanol–water partition coefficient (Wildman–Crippen LogP) is 14.4. The van der Waals surface area contributed by atoms with Crippen molar-refractivity contribution in [3.63, 3.8) is 0 Å². The van der Waals surface area contributed by atoms with E-state index in [0.29, 0.717) is 19.3 Å². The van der Waals surface area contributed by atoms with Crippen LogP contribution in [0, 0.1) is 0 Å². The number of carbonyl (C=O) groups excluding carboxylic acids is 3. The van der Waals surface area contributed by atoms with Crippen LogP contribution in [0.1, 0.15) is 156 Å². The summed E-state index contributed by atoms with van der Waals surface area (Å²) in [6.07, 6.45) is 63.5. The molecule has 0 saturated heterocycles. The summed E-state index contributed by atoms with van der Waals surface area (Å²) in [6.45, 7) is 6.15. The maximum absolute atomic E-state index is 12.6. The molecule has 0 heterocycles. The van der Waals surface area contributed by atoms with Crippen LogP contribution in [0.2, 0.25) is 0 Å². The quantitative estimate of drug-likeness (QED) is 0.0270. The molecule has 1 atom stereocenters. The van der Waals surface area contributed by atoms with Gasteiger partial charge in [-0.1, -0.05) is 187 Å². The highest BCUT2D eigenvalue weighted by molar-refractivity contribution is 5.72. The zero-order valence-electron chi connectivity index (χ0n) is 36.5. The molecule has 0 aromatic rings. The lowest BCUT2D eigenvalue weighted by Crippen LogP contribution is -2.30. The summed E-state index contributed by atoms with van der Waals surface area (Å²) >= 11 is 0. The predicted molar refractivity (Wildman–Crippen MR) is 246 cm³/mol. The molecule has 6 heteroatoms. The lowest BCUT2D eigenvalue weighted by molar-refractivity contribution is -0.166. The second-order valence-electron chi connectivity index (χ2n) is 13.9. The van der Waals surface area contributed by atoms with Crippen LogP contribution in [0.25, 0.3) is 0 Å². The van der Waals surface area contributed by atoms with Gasteiger partial charge >= 0.3 is 17.9 Å². The molecule has 0 fully saturated rings. The molecular formula is C52H78O6. The molecule has 0 amide bonds. The van der Waals surface area contributed by atoms with Crippen molar-refractivity contribution in [2.45, 2.75) is 162 Å². The van der Waals surface area contributed by atoms with Crippen LogP contribution in [0.15, 0.2) is 134 Å². The average molecular weight is 799 g/mol. The topological polar surface area (TPSA) is 78.9 Å². The van der Waals surface area contributed by atoms with Gasteiger partial charge in [0.1, 0.15) is 13.2 Å². The third-order valence-electron chi connectivity index (χ3n) is 8.45. The number of ether oxygens (including phenoxy) is 3. The maximum atomic E-state index is 12.6. The highest BCUT2D eigenvalue weighted by atomic mass is 16.6. The number of allylic oxidation sites excluding steroid dienone is 21. The Kier molecular flexibility index (Phi) is 41.8. The molecule has 0 aromatic carbocycles. The summed E-state index contributed by atoms with van der Waals surface area (Å²) in [5.74, 6) is -1.19. The van der Waals surface area contributed by atoms with Crippen molar-refractivity contribution in [1.29, 1.82) is 0 Å². The van der Waals surface area contributed by atoms with E-state index in [-0.39, 0.29) is 32.0 Å². The van der Waals surface area contributed by atoms with Crippen LogP contribution < -0.4 is 0 Å². The molecule has 0 aliphatic carbocycles. The zero-order chi connectivity index (χ0) is 42.3. The van der Waals surface area contributed by atoms with Gasteiger partial charge < -0.3 is 14.2 Å². The van der Waals surface area contributed by atoms with Crippen LogP contribution in [0.5, 0.6) is 0 Å². The summed E-state index contributed by atoms with van der Waals surface area (Å²) in [6, 6.07) is 0. The van der Waals surface area contributed by atoms with Crippen molar-refractivity contribution in [2.75, 3.05) is 13.2 Å². The number of hydrogen-bond acceptors (Lipinski definition) is 6. The van der Waals surface area contributed by atoms with E-state index in [1.807, 2.05) is 18.2 Å². The first kappa shape index (κ1) is 53.6. The fraction of sp³-hybridized carbons (Fsp3) is 0.519. The van der Waals surface area contributed by atoms with Crippen LogP contribution in [0.3, 0.4) is 0 Å². The summed E-state index contributed by atoms with van der Waals surface area (Å²) < 4.78 is 16.4. The molecule has 0 N–H and O–H groups in total. The largest absolute Gasteiger partial charge is 0.462 e. The first-order chi connectivity index (χ1) is 28.5. The first-order valence-corrected chi connectivity index (χ1v) is 22.2. The molecule has 0 rings (SSSR count). The van der Waals surface area contributed by atoms with Gasteiger partial charge in [0.25, 0.3) is 0 Å². The fourth-order valence-corrected chi connectivity index (χ4v) is 5.19. The second kappa shape index (κ2) is 45.3. The first-order valence-electron chi connectivity index (χ1n) is 22.2. The molecule has 0 aromatic heterocycles. The fourth-order valence-electron chi connectivity index (χ4n) is 5.19. The zero-order valence-corrected chi connectivity index (χ0v) is 36.5. The van der Waals surface area contributed by atoms with Gasteiger partial charge in [-0.05, 0) is 83.5 Å². The van der Waals surface area contributed by atoms with Gasteiger partial charge in [0.15, 0.2) is 6.10 Å². The molecule has 0 bridgehead atoms. The van der Waals surface area contributed by atoms with Crippen molar-refractivity contribution in [2.24, 2.45) is 0 Å². The Labute approximate surface area is 354 Å². The molecule has 0 aliphatic heterocycles. The van der Waals surface area contributed by atoms with Crippen molar-refractivity contribution < 1.29 is 28.6 Å². The number of hydrogen-bond donors (Lipinski definition) is 0. The van der Waals surface area contributed by atoms with Gasteiger partial charge in [0.05, 0.1) is 6.42 Å². The normalized spacial score (nSPS) is 13.4. The number of esters is 3. The minimum Gasteiger partial charge on any atom is -0.462 e. The second-order valence-corrected chi connectivity index (χ2v) is 13.9. The highest BCUT2D eigenvalue weighted by Crippen LogP contribution is 2.09. The third-order valence-corrected chi connectivity index (χ3v) is 8.45. The Morgan fingerprint density at radius 3 is 1.14 bits per heavy atom. The van der Waals surface area contributed by atoms with Crippen LogP contribution in [0.4, 0.5) is 0 Å². The Bertz CT molecular complexity index is 1330. The third kappa shape index (κ3) is 42.7. The maximum Gasteiger partial charge on any atom is 0.310 e. The van der Waals surface area contributed by atoms with Crippen LogP contribution in [-0.2, 0) is 28.6 Å². The Morgan fingerprint density at radius 2 is 0.724 bits per heavy atom. The van der Waals surface area contributed by atoms with Crippen molar-refractivity contribution in [3.8, 4) is 0 Å². The monoisotopic (exact) mass is 799 g/mol. The lowest BCUT2D eigenvalue weighted by atomic mass is 10.1. The van der Waals surface area contributed by atoms with E-state index in [0.717, 1.165) is 83.5 Å². The Morgan fingerprint density at radius 1 is 0.379 bits per heavy atom. The molecule has 0 aliphatic rings. The summed E-state index contributed by atoms with van der Waals surface area (Å²) in [5, 5.41) is 0. The summed E-state index contributed by atoms with van der Waals surface area (Å²) in [7, 11) is 0. The lowest BCUT2D eigenvalue weighted by Gasteiger charge is -2.18. The van der Waals surface area contributed by atoms with Gasteiger partial charge in [-0.2, -0.15) is 0 Å². The number of rotatable bonds is 37. The Balaban J connectivity index is 4.56. The minimum absolute atomic E-state index is 0.0758. The molecule has 58 heavy (non-hydrogen) atoms. The van der Waals surface area contributed by atoms with Gasteiger partial charge in [0, 0.05) is 12.8 Å². The van der Waals surface area contributed by atoms with E-state index < -0.39 is 18.0 Å². The van der Waals surface area contributed by atoms with E-state index in [1.165, 1.54) is 19.3 Å². The van der Waals surface area contributed by atoms with Gasteiger partial charge in [-0.3, -0.25) is 14.4 Å². The summed E-state index contributed by atoms with van der Waals surface area (Å²) in [4.78, 5) is 37.5.